The van der Waals surface area contributed by atoms with Crippen LogP contribution in [0.4, 0.5) is 0 Å². The summed E-state index contributed by atoms with van der Waals surface area (Å²) in [5, 5.41) is 12.1. The van der Waals surface area contributed by atoms with E-state index in [1.807, 2.05) is 0 Å². The van der Waals surface area contributed by atoms with E-state index < -0.39 is 0 Å². The summed E-state index contributed by atoms with van der Waals surface area (Å²) < 4.78 is 0. The average Bonchev–Trinajstić information content (AvgIpc) is 2.16. The highest BCUT2D eigenvalue weighted by Crippen LogP contribution is 2.42. The summed E-state index contributed by atoms with van der Waals surface area (Å²) in [7, 11) is 0. The van der Waals surface area contributed by atoms with E-state index in [4.69, 9.17) is 10.8 Å². The number of aliphatic hydroxyl groups is 1. The second-order valence-corrected chi connectivity index (χ2v) is 5.53. The van der Waals surface area contributed by atoms with E-state index in [0.717, 1.165) is 32.2 Å². The highest BCUT2D eigenvalue weighted by Gasteiger charge is 2.37. The molecule has 16 heavy (non-hydrogen) atoms. The molecule has 2 saturated carbocycles. The van der Waals surface area contributed by atoms with Gasteiger partial charge in [-0.25, -0.2) is 0 Å². The number of rotatable bonds is 5. The Labute approximate surface area is 96.6 Å². The first kappa shape index (κ1) is 11.9. The van der Waals surface area contributed by atoms with Gasteiger partial charge in [0.25, 0.3) is 0 Å². The van der Waals surface area contributed by atoms with Crippen LogP contribution in [0.25, 0.3) is 0 Å². The van der Waals surface area contributed by atoms with Gasteiger partial charge in [-0.1, -0.05) is 6.42 Å². The standard InChI is InChI=1S/C12H22N2O2/c13-8-12(2-1-3-12)6-11(16)14-7-9-4-10(15)5-9/h9-10,15H,1-8,13H2,(H,14,16). The van der Waals surface area contributed by atoms with E-state index in [1.165, 1.54) is 6.42 Å². The lowest BCUT2D eigenvalue weighted by molar-refractivity contribution is -0.125. The Morgan fingerprint density at radius 3 is 2.56 bits per heavy atom. The number of aliphatic hydroxyl groups excluding tert-OH is 1. The van der Waals surface area contributed by atoms with Crippen LogP contribution in [-0.4, -0.2) is 30.2 Å². The topological polar surface area (TPSA) is 75.4 Å². The van der Waals surface area contributed by atoms with Crippen molar-refractivity contribution >= 4 is 5.91 Å². The molecule has 92 valence electrons. The predicted octanol–water partition coefficient (Wildman–Crippen LogP) is 0.393. The third-order valence-electron chi connectivity index (χ3n) is 4.18. The first-order valence-corrected chi connectivity index (χ1v) is 6.28. The van der Waals surface area contributed by atoms with Crippen LogP contribution in [0.3, 0.4) is 0 Å². The summed E-state index contributed by atoms with van der Waals surface area (Å²) in [6.45, 7) is 1.35. The molecule has 0 aromatic carbocycles. The van der Waals surface area contributed by atoms with Crippen LogP contribution in [0.2, 0.25) is 0 Å². The monoisotopic (exact) mass is 226 g/mol. The maximum Gasteiger partial charge on any atom is 0.220 e. The van der Waals surface area contributed by atoms with Crippen LogP contribution in [-0.2, 0) is 4.79 Å². The largest absolute Gasteiger partial charge is 0.393 e. The molecule has 2 aliphatic carbocycles. The average molecular weight is 226 g/mol. The summed E-state index contributed by atoms with van der Waals surface area (Å²) in [6, 6.07) is 0. The number of hydrogen-bond acceptors (Lipinski definition) is 3. The van der Waals surface area contributed by atoms with Crippen molar-refractivity contribution in [3.63, 3.8) is 0 Å². The normalized spacial score (nSPS) is 31.4. The number of carbonyl (C=O) groups excluding carboxylic acids is 1. The number of nitrogens with two attached hydrogens (primary N) is 1. The number of amides is 1. The van der Waals surface area contributed by atoms with Crippen molar-refractivity contribution in [2.75, 3.05) is 13.1 Å². The number of carbonyl (C=O) groups is 1. The van der Waals surface area contributed by atoms with Gasteiger partial charge in [-0.15, -0.1) is 0 Å². The molecule has 0 saturated heterocycles. The van der Waals surface area contributed by atoms with Crippen molar-refractivity contribution < 1.29 is 9.90 Å². The fraction of sp³-hybridized carbons (Fsp3) is 0.917. The van der Waals surface area contributed by atoms with Crippen molar-refractivity contribution in [1.82, 2.24) is 5.32 Å². The maximum atomic E-state index is 11.7. The zero-order chi connectivity index (χ0) is 11.6. The molecule has 2 rings (SSSR count). The van der Waals surface area contributed by atoms with Crippen LogP contribution in [0.5, 0.6) is 0 Å². The lowest BCUT2D eigenvalue weighted by atomic mass is 9.66. The molecule has 2 fully saturated rings. The smallest absolute Gasteiger partial charge is 0.220 e. The van der Waals surface area contributed by atoms with Gasteiger partial charge in [0.2, 0.25) is 5.91 Å². The van der Waals surface area contributed by atoms with Gasteiger partial charge in [0.1, 0.15) is 0 Å². The van der Waals surface area contributed by atoms with Crippen molar-refractivity contribution in [2.45, 2.75) is 44.6 Å². The van der Waals surface area contributed by atoms with Crippen LogP contribution < -0.4 is 11.1 Å². The van der Waals surface area contributed by atoms with Gasteiger partial charge in [0.15, 0.2) is 0 Å². The fourth-order valence-electron chi connectivity index (χ4n) is 2.66. The van der Waals surface area contributed by atoms with Crippen LogP contribution in [0.1, 0.15) is 38.5 Å². The molecule has 1 amide bonds. The van der Waals surface area contributed by atoms with Crippen LogP contribution in [0, 0.1) is 11.3 Å². The Morgan fingerprint density at radius 2 is 2.12 bits per heavy atom. The van der Waals surface area contributed by atoms with E-state index in [1.54, 1.807) is 0 Å². The van der Waals surface area contributed by atoms with Gasteiger partial charge in [-0.2, -0.15) is 0 Å². The quantitative estimate of drug-likeness (QED) is 0.635. The second kappa shape index (κ2) is 4.72. The van der Waals surface area contributed by atoms with E-state index >= 15 is 0 Å². The van der Waals surface area contributed by atoms with Crippen LogP contribution >= 0.6 is 0 Å². The molecule has 0 unspecified atom stereocenters. The molecule has 4 nitrogen and oxygen atoms in total. The summed E-state index contributed by atoms with van der Waals surface area (Å²) >= 11 is 0. The molecule has 0 heterocycles. The Hall–Kier alpha value is -0.610. The molecular weight excluding hydrogens is 204 g/mol. The molecule has 2 aliphatic rings. The van der Waals surface area contributed by atoms with Gasteiger partial charge in [0, 0.05) is 13.0 Å². The van der Waals surface area contributed by atoms with Gasteiger partial charge >= 0.3 is 0 Å². The van der Waals surface area contributed by atoms with Crippen molar-refractivity contribution in [3.05, 3.63) is 0 Å². The van der Waals surface area contributed by atoms with E-state index in [0.29, 0.717) is 18.9 Å². The number of nitrogens with one attached hydrogen (secondary N) is 1. The van der Waals surface area contributed by atoms with E-state index in [2.05, 4.69) is 5.32 Å². The van der Waals surface area contributed by atoms with E-state index in [9.17, 15) is 4.79 Å². The lowest BCUT2D eigenvalue weighted by Crippen LogP contribution is -2.44. The Bertz CT molecular complexity index is 252. The SMILES string of the molecule is NCC1(CC(=O)NCC2CC(O)C2)CCC1. The van der Waals surface area contributed by atoms with Crippen molar-refractivity contribution in [2.24, 2.45) is 17.1 Å². The van der Waals surface area contributed by atoms with Crippen LogP contribution in [0.15, 0.2) is 0 Å². The Morgan fingerprint density at radius 1 is 1.44 bits per heavy atom. The third-order valence-corrected chi connectivity index (χ3v) is 4.18. The maximum absolute atomic E-state index is 11.7. The predicted molar refractivity (Wildman–Crippen MR) is 61.7 cm³/mol. The lowest BCUT2D eigenvalue weighted by Gasteiger charge is -2.40. The number of hydrogen-bond donors (Lipinski definition) is 3. The summed E-state index contributed by atoms with van der Waals surface area (Å²) in [5.41, 5.74) is 5.82. The van der Waals surface area contributed by atoms with Crippen molar-refractivity contribution in [3.8, 4) is 0 Å². The molecule has 4 heteroatoms. The Kier molecular flexibility index (Phi) is 3.50. The third kappa shape index (κ3) is 2.55. The minimum absolute atomic E-state index is 0.100. The minimum Gasteiger partial charge on any atom is -0.393 e. The summed E-state index contributed by atoms with van der Waals surface area (Å²) in [5.74, 6) is 0.612. The molecule has 0 spiro atoms. The van der Waals surface area contributed by atoms with Gasteiger partial charge in [-0.05, 0) is 43.6 Å². The molecule has 0 radical (unpaired) electrons. The van der Waals surface area contributed by atoms with Crippen molar-refractivity contribution in [1.29, 1.82) is 0 Å². The Balaban J connectivity index is 1.64. The highest BCUT2D eigenvalue weighted by atomic mass is 16.3. The molecule has 0 aromatic rings. The molecule has 0 bridgehead atoms. The molecule has 4 N–H and O–H groups in total. The first-order chi connectivity index (χ1) is 7.63. The molecule has 0 aromatic heterocycles. The molecular formula is C12H22N2O2. The zero-order valence-electron chi connectivity index (χ0n) is 9.74. The summed E-state index contributed by atoms with van der Waals surface area (Å²) in [4.78, 5) is 11.7. The van der Waals surface area contributed by atoms with Gasteiger partial charge < -0.3 is 16.2 Å². The van der Waals surface area contributed by atoms with Gasteiger partial charge in [0.05, 0.1) is 6.10 Å². The van der Waals surface area contributed by atoms with Gasteiger partial charge in [-0.3, -0.25) is 4.79 Å². The second-order valence-electron chi connectivity index (χ2n) is 5.53. The summed E-state index contributed by atoms with van der Waals surface area (Å²) in [6.07, 6.45) is 5.52. The zero-order valence-corrected chi connectivity index (χ0v) is 9.74. The molecule has 0 aliphatic heterocycles. The fourth-order valence-corrected chi connectivity index (χ4v) is 2.66. The molecule has 0 atom stereocenters. The highest BCUT2D eigenvalue weighted by molar-refractivity contribution is 5.76. The minimum atomic E-state index is -0.135. The van der Waals surface area contributed by atoms with E-state index in [-0.39, 0.29) is 17.4 Å². The first-order valence-electron chi connectivity index (χ1n) is 6.28.